The van der Waals surface area contributed by atoms with Crippen LogP contribution in [0.5, 0.6) is 5.75 Å². The third-order valence-corrected chi connectivity index (χ3v) is 6.38. The van der Waals surface area contributed by atoms with Crippen LogP contribution < -0.4 is 9.46 Å². The molecule has 7 heteroatoms. The van der Waals surface area contributed by atoms with E-state index < -0.39 is 10.0 Å². The van der Waals surface area contributed by atoms with Crippen molar-refractivity contribution in [3.8, 4) is 5.75 Å². The molecule has 0 atom stereocenters. The van der Waals surface area contributed by atoms with Gasteiger partial charge in [0.1, 0.15) is 12.4 Å². The molecular formula is C18H30N2O4S. The summed E-state index contributed by atoms with van der Waals surface area (Å²) < 4.78 is 31.9. The van der Waals surface area contributed by atoms with E-state index >= 15 is 0 Å². The van der Waals surface area contributed by atoms with Crippen molar-refractivity contribution >= 4 is 10.0 Å². The van der Waals surface area contributed by atoms with Gasteiger partial charge in [0, 0.05) is 13.1 Å². The number of hydrogen-bond donors (Lipinski definition) is 2. The van der Waals surface area contributed by atoms with Gasteiger partial charge >= 0.3 is 0 Å². The van der Waals surface area contributed by atoms with E-state index in [1.165, 1.54) is 5.56 Å². The van der Waals surface area contributed by atoms with Crippen LogP contribution >= 0.6 is 0 Å². The highest BCUT2D eigenvalue weighted by atomic mass is 32.2. The molecule has 0 aliphatic carbocycles. The molecule has 1 aliphatic heterocycles. The lowest BCUT2D eigenvalue weighted by Crippen LogP contribution is -2.40. The number of benzene rings is 1. The summed E-state index contributed by atoms with van der Waals surface area (Å²) in [7, 11) is -3.17. The van der Waals surface area contributed by atoms with E-state index in [0.717, 1.165) is 38.2 Å². The minimum absolute atomic E-state index is 0.0122. The third-order valence-electron chi connectivity index (χ3n) is 4.57. The minimum Gasteiger partial charge on any atom is -0.491 e. The molecule has 1 saturated heterocycles. The van der Waals surface area contributed by atoms with Crippen LogP contribution in [0.2, 0.25) is 0 Å². The van der Waals surface area contributed by atoms with Gasteiger partial charge < -0.3 is 9.84 Å². The largest absolute Gasteiger partial charge is 0.491 e. The number of rotatable bonds is 9. The smallest absolute Gasteiger partial charge is 0.213 e. The van der Waals surface area contributed by atoms with E-state index in [-0.39, 0.29) is 11.9 Å². The highest BCUT2D eigenvalue weighted by molar-refractivity contribution is 7.90. The zero-order valence-electron chi connectivity index (χ0n) is 15.1. The number of aliphatic hydroxyl groups excluding tert-OH is 1. The second-order valence-corrected chi connectivity index (χ2v) is 9.20. The van der Waals surface area contributed by atoms with Crippen LogP contribution in [0.3, 0.4) is 0 Å². The predicted octanol–water partition coefficient (Wildman–Crippen LogP) is 1.60. The molecule has 6 nitrogen and oxygen atoms in total. The topological polar surface area (TPSA) is 78.9 Å². The quantitative estimate of drug-likeness (QED) is 0.690. The summed E-state index contributed by atoms with van der Waals surface area (Å²) >= 11 is 0. The van der Waals surface area contributed by atoms with Crippen molar-refractivity contribution < 1.29 is 18.3 Å². The Kier molecular flexibility index (Phi) is 7.68. The van der Waals surface area contributed by atoms with E-state index in [1.54, 1.807) is 13.8 Å². The van der Waals surface area contributed by atoms with Gasteiger partial charge in [-0.05, 0) is 63.4 Å². The van der Waals surface area contributed by atoms with E-state index in [2.05, 4.69) is 15.7 Å². The van der Waals surface area contributed by atoms with Gasteiger partial charge in [-0.25, -0.2) is 13.1 Å². The molecule has 1 aromatic carbocycles. The Balaban J connectivity index is 1.77. The molecule has 2 rings (SSSR count). The second-order valence-electron chi connectivity index (χ2n) is 6.88. The van der Waals surface area contributed by atoms with Gasteiger partial charge in [-0.2, -0.15) is 0 Å². The van der Waals surface area contributed by atoms with Crippen LogP contribution in [0.1, 0.15) is 32.3 Å². The molecule has 1 aromatic rings. The first-order valence-corrected chi connectivity index (χ1v) is 10.5. The van der Waals surface area contributed by atoms with E-state index in [0.29, 0.717) is 19.1 Å². The first kappa shape index (κ1) is 20.2. The number of nitrogens with zero attached hydrogens (tertiary/aromatic N) is 1. The fourth-order valence-electron chi connectivity index (χ4n) is 2.90. The van der Waals surface area contributed by atoms with E-state index in [9.17, 15) is 8.42 Å². The van der Waals surface area contributed by atoms with Gasteiger partial charge in [-0.1, -0.05) is 12.1 Å². The molecular weight excluding hydrogens is 340 g/mol. The average Bonchev–Trinajstić information content (AvgIpc) is 2.59. The number of piperidine rings is 1. The first-order chi connectivity index (χ1) is 11.9. The Morgan fingerprint density at radius 3 is 2.68 bits per heavy atom. The highest BCUT2D eigenvalue weighted by Gasteiger charge is 2.22. The summed E-state index contributed by atoms with van der Waals surface area (Å²) in [5.41, 5.74) is 1.19. The van der Waals surface area contributed by atoms with Gasteiger partial charge in [0.2, 0.25) is 10.0 Å². The predicted molar refractivity (Wildman–Crippen MR) is 99.1 cm³/mol. The SMILES string of the molecule is CC(C)S(=O)(=O)NCC1CCN(Cc2cccc(OCCO)c2)CC1. The number of aliphatic hydroxyl groups is 1. The Morgan fingerprint density at radius 2 is 2.04 bits per heavy atom. The lowest BCUT2D eigenvalue weighted by molar-refractivity contribution is 0.178. The number of hydrogen-bond acceptors (Lipinski definition) is 5. The van der Waals surface area contributed by atoms with Crippen molar-refractivity contribution in [3.05, 3.63) is 29.8 Å². The van der Waals surface area contributed by atoms with Crippen molar-refractivity contribution in [2.45, 2.75) is 38.5 Å². The van der Waals surface area contributed by atoms with E-state index in [4.69, 9.17) is 9.84 Å². The normalized spacial score (nSPS) is 17.1. The Labute approximate surface area is 151 Å². The molecule has 2 N–H and O–H groups in total. The van der Waals surface area contributed by atoms with Crippen molar-refractivity contribution in [3.63, 3.8) is 0 Å². The molecule has 0 radical (unpaired) electrons. The summed E-state index contributed by atoms with van der Waals surface area (Å²) in [5, 5.41) is 8.45. The molecule has 0 unspecified atom stereocenters. The molecule has 0 amide bonds. The lowest BCUT2D eigenvalue weighted by Gasteiger charge is -2.32. The van der Waals surface area contributed by atoms with Crippen LogP contribution in [-0.4, -0.2) is 56.5 Å². The Hall–Kier alpha value is -1.15. The second kappa shape index (κ2) is 9.52. The van der Waals surface area contributed by atoms with E-state index in [1.807, 2.05) is 18.2 Å². The van der Waals surface area contributed by atoms with Crippen molar-refractivity contribution in [2.75, 3.05) is 32.8 Å². The summed E-state index contributed by atoms with van der Waals surface area (Å²) in [5.74, 6) is 1.19. The van der Waals surface area contributed by atoms with Gasteiger partial charge in [0.15, 0.2) is 0 Å². The molecule has 142 valence electrons. The summed E-state index contributed by atoms with van der Waals surface area (Å²) in [6.07, 6.45) is 2.00. The van der Waals surface area contributed by atoms with Crippen molar-refractivity contribution in [2.24, 2.45) is 5.92 Å². The van der Waals surface area contributed by atoms with Gasteiger partial charge in [0.05, 0.1) is 11.9 Å². The number of ether oxygens (including phenoxy) is 1. The fourth-order valence-corrected chi connectivity index (χ4v) is 3.71. The molecule has 0 saturated carbocycles. The van der Waals surface area contributed by atoms with Gasteiger partial charge in [-0.15, -0.1) is 0 Å². The Bertz CT molecular complexity index is 626. The zero-order chi connectivity index (χ0) is 18.3. The molecule has 1 fully saturated rings. The van der Waals surface area contributed by atoms with Crippen molar-refractivity contribution in [1.29, 1.82) is 0 Å². The number of sulfonamides is 1. The van der Waals surface area contributed by atoms with Crippen LogP contribution in [0.25, 0.3) is 0 Å². The highest BCUT2D eigenvalue weighted by Crippen LogP contribution is 2.20. The maximum atomic E-state index is 11.8. The maximum Gasteiger partial charge on any atom is 0.213 e. The summed E-state index contributed by atoms with van der Waals surface area (Å²) in [6, 6.07) is 7.95. The van der Waals surface area contributed by atoms with Crippen LogP contribution in [-0.2, 0) is 16.6 Å². The summed E-state index contributed by atoms with van der Waals surface area (Å²) in [6.45, 7) is 7.05. The minimum atomic E-state index is -3.17. The zero-order valence-corrected chi connectivity index (χ0v) is 16.0. The molecule has 1 heterocycles. The third kappa shape index (κ3) is 6.58. The molecule has 0 bridgehead atoms. The molecule has 25 heavy (non-hydrogen) atoms. The Morgan fingerprint density at radius 1 is 1.32 bits per heavy atom. The number of likely N-dealkylation sites (tertiary alicyclic amines) is 1. The van der Waals surface area contributed by atoms with Crippen LogP contribution in [0.4, 0.5) is 0 Å². The van der Waals surface area contributed by atoms with Gasteiger partial charge in [0.25, 0.3) is 0 Å². The first-order valence-electron chi connectivity index (χ1n) is 8.94. The average molecular weight is 371 g/mol. The standard InChI is InChI=1S/C18H30N2O4S/c1-15(2)25(22,23)19-13-16-6-8-20(9-7-16)14-17-4-3-5-18(12-17)24-11-10-21/h3-5,12,15-16,19,21H,6-11,13-14H2,1-2H3. The van der Waals surface area contributed by atoms with Gasteiger partial charge in [-0.3, -0.25) is 4.90 Å². The number of nitrogens with one attached hydrogen (secondary N) is 1. The monoisotopic (exact) mass is 370 g/mol. The van der Waals surface area contributed by atoms with Crippen LogP contribution in [0, 0.1) is 5.92 Å². The maximum absolute atomic E-state index is 11.8. The van der Waals surface area contributed by atoms with Crippen molar-refractivity contribution in [1.82, 2.24) is 9.62 Å². The molecule has 1 aliphatic rings. The summed E-state index contributed by atoms with van der Waals surface area (Å²) in [4.78, 5) is 2.39. The van der Waals surface area contributed by atoms with Crippen LogP contribution in [0.15, 0.2) is 24.3 Å². The molecule has 0 aromatic heterocycles. The fraction of sp³-hybridized carbons (Fsp3) is 0.667. The lowest BCUT2D eigenvalue weighted by atomic mass is 9.97. The molecule has 0 spiro atoms.